The number of thiophene rings is 1. The Bertz CT molecular complexity index is 911. The van der Waals surface area contributed by atoms with Gasteiger partial charge in [0, 0.05) is 11.8 Å². The average molecular weight is 307 g/mol. The van der Waals surface area contributed by atoms with Gasteiger partial charge in [-0.1, -0.05) is 0 Å². The van der Waals surface area contributed by atoms with Crippen LogP contribution in [0.25, 0.3) is 33.4 Å². The van der Waals surface area contributed by atoms with Crippen molar-refractivity contribution in [3.63, 3.8) is 0 Å². The number of fused-ring (bicyclic) bond motifs is 1. The normalized spacial score (nSPS) is 11.0. The first kappa shape index (κ1) is 13.0. The Labute approximate surface area is 131 Å². The lowest BCUT2D eigenvalue weighted by molar-refractivity contribution is 0.415. The smallest absolute Gasteiger partial charge is 0.156 e. The highest BCUT2D eigenvalue weighted by Crippen LogP contribution is 2.35. The summed E-state index contributed by atoms with van der Waals surface area (Å²) in [6, 6.07) is 12.1. The lowest BCUT2D eigenvalue weighted by atomic mass is 10.0. The van der Waals surface area contributed by atoms with Crippen LogP contribution >= 0.6 is 11.3 Å². The number of ether oxygens (including phenoxy) is 1. The second-order valence-electron chi connectivity index (χ2n) is 4.89. The highest BCUT2D eigenvalue weighted by atomic mass is 32.1. The molecule has 0 amide bonds. The van der Waals surface area contributed by atoms with Crippen LogP contribution < -0.4 is 4.74 Å². The molecule has 0 radical (unpaired) electrons. The van der Waals surface area contributed by atoms with Gasteiger partial charge in [0.1, 0.15) is 11.4 Å². The summed E-state index contributed by atoms with van der Waals surface area (Å²) >= 11 is 1.68. The summed E-state index contributed by atoms with van der Waals surface area (Å²) < 4.78 is 5.22. The van der Waals surface area contributed by atoms with Gasteiger partial charge in [-0.05, 0) is 58.3 Å². The van der Waals surface area contributed by atoms with Crippen LogP contribution in [0.4, 0.5) is 0 Å². The van der Waals surface area contributed by atoms with E-state index < -0.39 is 0 Å². The van der Waals surface area contributed by atoms with Crippen LogP contribution in [0.1, 0.15) is 0 Å². The van der Waals surface area contributed by atoms with Crippen molar-refractivity contribution in [2.45, 2.75) is 0 Å². The maximum absolute atomic E-state index is 5.22. The predicted octanol–water partition coefficient (Wildman–Crippen LogP) is 4.36. The quantitative estimate of drug-likeness (QED) is 0.611. The molecule has 0 aliphatic rings. The van der Waals surface area contributed by atoms with E-state index in [1.807, 2.05) is 36.5 Å². The Morgan fingerprint density at radius 3 is 2.64 bits per heavy atom. The molecule has 22 heavy (non-hydrogen) atoms. The molecule has 0 atom stereocenters. The summed E-state index contributed by atoms with van der Waals surface area (Å²) in [7, 11) is 1.66. The van der Waals surface area contributed by atoms with Crippen LogP contribution in [0.5, 0.6) is 5.75 Å². The molecular formula is C17H13N3OS. The molecule has 0 unspecified atom stereocenters. The van der Waals surface area contributed by atoms with E-state index in [-0.39, 0.29) is 0 Å². The number of aromatic amines is 1. The first-order chi connectivity index (χ1) is 10.9. The topological polar surface area (TPSA) is 50.8 Å². The SMILES string of the molecule is COc1ccc(-c2n[nH]c3nccc(-c4ccsc4)c23)cc1. The Kier molecular flexibility index (Phi) is 3.12. The van der Waals surface area contributed by atoms with E-state index in [1.165, 1.54) is 5.56 Å². The Hall–Kier alpha value is -2.66. The van der Waals surface area contributed by atoms with Crippen molar-refractivity contribution in [2.75, 3.05) is 7.11 Å². The van der Waals surface area contributed by atoms with Crippen LogP contribution in [0.3, 0.4) is 0 Å². The number of rotatable bonds is 3. The minimum Gasteiger partial charge on any atom is -0.497 e. The van der Waals surface area contributed by atoms with Gasteiger partial charge in [0.2, 0.25) is 0 Å². The molecule has 0 spiro atoms. The zero-order valence-corrected chi connectivity index (χ0v) is 12.7. The summed E-state index contributed by atoms with van der Waals surface area (Å²) in [6.45, 7) is 0. The van der Waals surface area contributed by atoms with E-state index in [9.17, 15) is 0 Å². The number of benzene rings is 1. The molecule has 5 heteroatoms. The Morgan fingerprint density at radius 1 is 1.05 bits per heavy atom. The maximum Gasteiger partial charge on any atom is 0.156 e. The van der Waals surface area contributed by atoms with E-state index in [2.05, 4.69) is 32.0 Å². The van der Waals surface area contributed by atoms with Crippen LogP contribution in [-0.2, 0) is 0 Å². The third-order valence-electron chi connectivity index (χ3n) is 3.66. The molecule has 4 rings (SSSR count). The van der Waals surface area contributed by atoms with Gasteiger partial charge in [0.15, 0.2) is 5.65 Å². The zero-order valence-electron chi connectivity index (χ0n) is 11.9. The maximum atomic E-state index is 5.22. The van der Waals surface area contributed by atoms with Crippen LogP contribution in [0, 0.1) is 0 Å². The van der Waals surface area contributed by atoms with Crippen molar-refractivity contribution >= 4 is 22.4 Å². The molecule has 3 aromatic heterocycles. The number of pyridine rings is 1. The minimum absolute atomic E-state index is 0.800. The fourth-order valence-corrected chi connectivity index (χ4v) is 3.22. The average Bonchev–Trinajstić information content (AvgIpc) is 3.24. The van der Waals surface area contributed by atoms with E-state index in [4.69, 9.17) is 4.74 Å². The summed E-state index contributed by atoms with van der Waals surface area (Å²) in [4.78, 5) is 4.39. The standard InChI is InChI=1S/C17H13N3OS/c1-21-13-4-2-11(3-5-13)16-15-14(12-7-9-22-10-12)6-8-18-17(15)20-19-16/h2-10H,1H3,(H,18,19,20). The summed E-state index contributed by atoms with van der Waals surface area (Å²) in [5, 5.41) is 12.8. The summed E-state index contributed by atoms with van der Waals surface area (Å²) in [5.74, 6) is 0.833. The number of nitrogens with zero attached hydrogens (tertiary/aromatic N) is 2. The lowest BCUT2D eigenvalue weighted by Gasteiger charge is -2.04. The third kappa shape index (κ3) is 2.07. The van der Waals surface area contributed by atoms with E-state index in [0.717, 1.165) is 33.6 Å². The van der Waals surface area contributed by atoms with Crippen LogP contribution in [0.15, 0.2) is 53.4 Å². The van der Waals surface area contributed by atoms with E-state index in [1.54, 1.807) is 18.4 Å². The second-order valence-corrected chi connectivity index (χ2v) is 5.67. The number of methoxy groups -OCH3 is 1. The Morgan fingerprint density at radius 2 is 1.91 bits per heavy atom. The molecule has 4 nitrogen and oxygen atoms in total. The number of aromatic nitrogens is 3. The first-order valence-corrected chi connectivity index (χ1v) is 7.81. The number of hydrogen-bond donors (Lipinski definition) is 1. The summed E-state index contributed by atoms with van der Waals surface area (Å²) in [6.07, 6.45) is 1.81. The number of H-pyrrole nitrogens is 1. The van der Waals surface area contributed by atoms with Crippen molar-refractivity contribution in [3.05, 3.63) is 53.4 Å². The van der Waals surface area contributed by atoms with Crippen molar-refractivity contribution in [1.29, 1.82) is 0 Å². The fraction of sp³-hybridized carbons (Fsp3) is 0.0588. The highest BCUT2D eigenvalue weighted by molar-refractivity contribution is 7.08. The fourth-order valence-electron chi connectivity index (χ4n) is 2.57. The van der Waals surface area contributed by atoms with Crippen LogP contribution in [-0.4, -0.2) is 22.3 Å². The van der Waals surface area contributed by atoms with Crippen molar-refractivity contribution in [2.24, 2.45) is 0 Å². The molecular weight excluding hydrogens is 294 g/mol. The highest BCUT2D eigenvalue weighted by Gasteiger charge is 2.14. The van der Waals surface area contributed by atoms with E-state index >= 15 is 0 Å². The van der Waals surface area contributed by atoms with Gasteiger partial charge < -0.3 is 4.74 Å². The molecule has 3 heterocycles. The third-order valence-corrected chi connectivity index (χ3v) is 4.34. The molecule has 1 aromatic carbocycles. The van der Waals surface area contributed by atoms with Gasteiger partial charge in [-0.25, -0.2) is 4.98 Å². The second kappa shape index (κ2) is 5.27. The first-order valence-electron chi connectivity index (χ1n) is 6.87. The van der Waals surface area contributed by atoms with Gasteiger partial charge in [-0.2, -0.15) is 16.4 Å². The van der Waals surface area contributed by atoms with Crippen molar-refractivity contribution < 1.29 is 4.74 Å². The molecule has 1 N–H and O–H groups in total. The van der Waals surface area contributed by atoms with Gasteiger partial charge in [0.05, 0.1) is 12.5 Å². The molecule has 0 aliphatic heterocycles. The molecule has 4 aromatic rings. The number of nitrogens with one attached hydrogen (secondary N) is 1. The predicted molar refractivity (Wildman–Crippen MR) is 89.2 cm³/mol. The zero-order chi connectivity index (χ0) is 14.9. The lowest BCUT2D eigenvalue weighted by Crippen LogP contribution is -1.85. The molecule has 108 valence electrons. The van der Waals surface area contributed by atoms with Gasteiger partial charge >= 0.3 is 0 Å². The minimum atomic E-state index is 0.800. The summed E-state index contributed by atoms with van der Waals surface area (Å²) in [5.41, 5.74) is 5.08. The molecule has 0 bridgehead atoms. The Balaban J connectivity index is 1.94. The van der Waals surface area contributed by atoms with Gasteiger partial charge in [-0.3, -0.25) is 5.10 Å². The van der Waals surface area contributed by atoms with Gasteiger partial charge in [-0.15, -0.1) is 0 Å². The van der Waals surface area contributed by atoms with Crippen molar-refractivity contribution in [3.8, 4) is 28.1 Å². The largest absolute Gasteiger partial charge is 0.497 e. The van der Waals surface area contributed by atoms with Crippen LogP contribution in [0.2, 0.25) is 0 Å². The van der Waals surface area contributed by atoms with Crippen molar-refractivity contribution in [1.82, 2.24) is 15.2 Å². The monoisotopic (exact) mass is 307 g/mol. The molecule has 0 aliphatic carbocycles. The molecule has 0 saturated carbocycles. The number of hydrogen-bond acceptors (Lipinski definition) is 4. The molecule has 0 fully saturated rings. The van der Waals surface area contributed by atoms with E-state index in [0.29, 0.717) is 0 Å². The van der Waals surface area contributed by atoms with Gasteiger partial charge in [0.25, 0.3) is 0 Å². The molecule has 0 saturated heterocycles.